The summed E-state index contributed by atoms with van der Waals surface area (Å²) in [5, 5.41) is 10.2. The van der Waals surface area contributed by atoms with Gasteiger partial charge in [0.2, 0.25) is 0 Å². The van der Waals surface area contributed by atoms with E-state index in [2.05, 4.69) is 18.7 Å². The largest absolute Gasteiger partial charge is 0.393 e. The van der Waals surface area contributed by atoms with E-state index in [0.717, 1.165) is 69.2 Å². The number of fused-ring (bicyclic) bond motifs is 5. The monoisotopic (exact) mass is 483 g/mol. The highest BCUT2D eigenvalue weighted by Crippen LogP contribution is 2.67. The van der Waals surface area contributed by atoms with Crippen molar-refractivity contribution >= 4 is 22.8 Å². The zero-order valence-electron chi connectivity index (χ0n) is 19.0. The number of carbonyl (C=O) groups is 1. The summed E-state index contributed by atoms with van der Waals surface area (Å²) in [5.74, 6) is 3.87. The summed E-state index contributed by atoms with van der Waals surface area (Å²) < 4.78 is 5.46. The molecule has 5 rings (SSSR count). The Labute approximate surface area is 193 Å². The van der Waals surface area contributed by atoms with Crippen LogP contribution in [0.3, 0.4) is 0 Å². The minimum atomic E-state index is -0.0628. The SMILES string of the molecule is Br.C[C@]12CC[C@H]3[C@@H](CCC4CC(O)CC[C@@]43C)[C@@H]1CC[C@@H]2C(=O)CN1CCOCC1. The Morgan fingerprint density at radius 2 is 1.67 bits per heavy atom. The van der Waals surface area contributed by atoms with Gasteiger partial charge in [0.1, 0.15) is 5.78 Å². The number of aliphatic hydroxyl groups is 1. The minimum absolute atomic E-state index is 0. The van der Waals surface area contributed by atoms with Crippen LogP contribution in [0.15, 0.2) is 0 Å². The normalized spacial score (nSPS) is 48.8. The molecule has 0 spiro atoms. The second-order valence-electron chi connectivity index (χ2n) is 11.6. The van der Waals surface area contributed by atoms with Gasteiger partial charge in [0.25, 0.3) is 0 Å². The molecule has 4 aliphatic carbocycles. The van der Waals surface area contributed by atoms with E-state index in [4.69, 9.17) is 4.74 Å². The number of ether oxygens (including phenoxy) is 1. The number of halogens is 1. The van der Waals surface area contributed by atoms with Crippen LogP contribution in [0.2, 0.25) is 0 Å². The van der Waals surface area contributed by atoms with Crippen molar-refractivity contribution in [1.29, 1.82) is 0 Å². The Morgan fingerprint density at radius 3 is 2.43 bits per heavy atom. The first-order chi connectivity index (χ1) is 13.9. The van der Waals surface area contributed by atoms with Gasteiger partial charge in [-0.25, -0.2) is 0 Å². The van der Waals surface area contributed by atoms with E-state index in [1.807, 2.05) is 0 Å². The molecule has 4 saturated carbocycles. The third kappa shape index (κ3) is 3.74. The number of hydrogen-bond donors (Lipinski definition) is 1. The first-order valence-corrected chi connectivity index (χ1v) is 12.4. The van der Waals surface area contributed by atoms with Gasteiger partial charge in [-0.05, 0) is 92.3 Å². The van der Waals surface area contributed by atoms with E-state index in [-0.39, 0.29) is 34.4 Å². The van der Waals surface area contributed by atoms with Gasteiger partial charge >= 0.3 is 0 Å². The number of rotatable bonds is 3. The van der Waals surface area contributed by atoms with Gasteiger partial charge in [-0.1, -0.05) is 13.8 Å². The lowest BCUT2D eigenvalue weighted by molar-refractivity contribution is -0.141. The van der Waals surface area contributed by atoms with Crippen molar-refractivity contribution < 1.29 is 14.6 Å². The smallest absolute Gasteiger partial charge is 0.150 e. The van der Waals surface area contributed by atoms with Crippen molar-refractivity contribution in [3.63, 3.8) is 0 Å². The third-order valence-corrected chi connectivity index (χ3v) is 10.5. The molecule has 5 fully saturated rings. The Hall–Kier alpha value is 0.0300. The highest BCUT2D eigenvalue weighted by molar-refractivity contribution is 8.93. The number of Topliss-reactive ketones (excluding diaryl/α,β-unsaturated/α-hetero) is 1. The molecular weight excluding hydrogens is 442 g/mol. The molecule has 4 nitrogen and oxygen atoms in total. The van der Waals surface area contributed by atoms with E-state index in [9.17, 15) is 9.90 Å². The van der Waals surface area contributed by atoms with Crippen LogP contribution in [0, 0.1) is 40.4 Å². The molecule has 0 amide bonds. The highest BCUT2D eigenvalue weighted by atomic mass is 79.9. The van der Waals surface area contributed by atoms with Crippen molar-refractivity contribution in [3.8, 4) is 0 Å². The third-order valence-electron chi connectivity index (χ3n) is 10.5. The number of hydrogen-bond acceptors (Lipinski definition) is 4. The van der Waals surface area contributed by atoms with Gasteiger partial charge in [-0.2, -0.15) is 0 Å². The van der Waals surface area contributed by atoms with Gasteiger partial charge in [0.05, 0.1) is 25.9 Å². The summed E-state index contributed by atoms with van der Waals surface area (Å²) >= 11 is 0. The molecular formula is C25H42BrNO3. The van der Waals surface area contributed by atoms with E-state index in [1.165, 1.54) is 38.5 Å². The predicted octanol–water partition coefficient (Wildman–Crippen LogP) is 4.49. The molecule has 30 heavy (non-hydrogen) atoms. The topological polar surface area (TPSA) is 49.8 Å². The van der Waals surface area contributed by atoms with Crippen LogP contribution >= 0.6 is 17.0 Å². The standard InChI is InChI=1S/C25H41NO3.BrH/c1-24-9-7-18(27)15-17(24)3-4-19-20-5-6-22(25(20,2)10-8-21(19)24)23(28)16-26-11-13-29-14-12-26;/h17-22,27H,3-16H2,1-2H3;1H/t17?,18?,19-,20-,21-,22+,24-,25-;/m0./s1. The summed E-state index contributed by atoms with van der Waals surface area (Å²) in [6.45, 7) is 9.04. The van der Waals surface area contributed by atoms with Crippen LogP contribution in [-0.2, 0) is 9.53 Å². The molecule has 1 N–H and O–H groups in total. The van der Waals surface area contributed by atoms with Crippen LogP contribution in [0.1, 0.15) is 71.6 Å². The Balaban J connectivity index is 0.00000218. The van der Waals surface area contributed by atoms with Crippen molar-refractivity contribution in [2.45, 2.75) is 77.7 Å². The average Bonchev–Trinajstić information content (AvgIpc) is 3.06. The Kier molecular flexibility index (Phi) is 6.77. The van der Waals surface area contributed by atoms with E-state index in [1.54, 1.807) is 0 Å². The quantitative estimate of drug-likeness (QED) is 0.642. The molecule has 0 bridgehead atoms. The fourth-order valence-corrected chi connectivity index (χ4v) is 8.85. The summed E-state index contributed by atoms with van der Waals surface area (Å²) in [7, 11) is 0. The van der Waals surface area contributed by atoms with Crippen molar-refractivity contribution in [1.82, 2.24) is 4.90 Å². The number of morpholine rings is 1. The molecule has 172 valence electrons. The maximum absolute atomic E-state index is 13.4. The average molecular weight is 485 g/mol. The molecule has 8 atom stereocenters. The lowest BCUT2D eigenvalue weighted by atomic mass is 9.44. The van der Waals surface area contributed by atoms with Gasteiger partial charge in [0, 0.05) is 19.0 Å². The van der Waals surface area contributed by atoms with Crippen LogP contribution < -0.4 is 0 Å². The molecule has 1 saturated heterocycles. The summed E-state index contributed by atoms with van der Waals surface area (Å²) in [5.41, 5.74) is 0.654. The van der Waals surface area contributed by atoms with Gasteiger partial charge < -0.3 is 9.84 Å². The molecule has 0 aromatic carbocycles. The minimum Gasteiger partial charge on any atom is -0.393 e. The Bertz CT molecular complexity index is 638. The van der Waals surface area contributed by atoms with Crippen molar-refractivity contribution in [3.05, 3.63) is 0 Å². The lowest BCUT2D eigenvalue weighted by Crippen LogP contribution is -2.54. The van der Waals surface area contributed by atoms with E-state index < -0.39 is 0 Å². The molecule has 1 heterocycles. The fraction of sp³-hybridized carbons (Fsp3) is 0.960. The van der Waals surface area contributed by atoms with Crippen LogP contribution in [0.5, 0.6) is 0 Å². The molecule has 5 heteroatoms. The molecule has 0 aromatic heterocycles. The molecule has 0 aromatic rings. The lowest BCUT2D eigenvalue weighted by Gasteiger charge is -2.60. The second kappa shape index (κ2) is 8.76. The zero-order chi connectivity index (χ0) is 20.2. The first-order valence-electron chi connectivity index (χ1n) is 12.4. The van der Waals surface area contributed by atoms with Gasteiger partial charge in [-0.15, -0.1) is 17.0 Å². The Morgan fingerprint density at radius 1 is 0.967 bits per heavy atom. The second-order valence-corrected chi connectivity index (χ2v) is 11.6. The summed E-state index contributed by atoms with van der Waals surface area (Å²) in [6, 6.07) is 0. The number of carbonyl (C=O) groups excluding carboxylic acids is 1. The van der Waals surface area contributed by atoms with Crippen molar-refractivity contribution in [2.75, 3.05) is 32.8 Å². The maximum Gasteiger partial charge on any atom is 0.150 e. The molecule has 5 aliphatic rings. The maximum atomic E-state index is 13.4. The number of aliphatic hydroxyl groups excluding tert-OH is 1. The van der Waals surface area contributed by atoms with Crippen molar-refractivity contribution in [2.24, 2.45) is 40.4 Å². The van der Waals surface area contributed by atoms with Crippen LogP contribution in [0.25, 0.3) is 0 Å². The molecule has 0 radical (unpaired) electrons. The number of ketones is 1. The highest BCUT2D eigenvalue weighted by Gasteiger charge is 2.61. The van der Waals surface area contributed by atoms with Gasteiger partial charge in [-0.3, -0.25) is 9.69 Å². The molecule has 1 aliphatic heterocycles. The van der Waals surface area contributed by atoms with Gasteiger partial charge in [0.15, 0.2) is 0 Å². The number of nitrogens with zero attached hydrogens (tertiary/aromatic N) is 1. The van der Waals surface area contributed by atoms with E-state index in [0.29, 0.717) is 17.7 Å². The fourth-order valence-electron chi connectivity index (χ4n) is 8.85. The summed E-state index contributed by atoms with van der Waals surface area (Å²) in [6.07, 6.45) is 10.7. The first kappa shape index (κ1) is 23.2. The van der Waals surface area contributed by atoms with Crippen LogP contribution in [-0.4, -0.2) is 54.7 Å². The van der Waals surface area contributed by atoms with Crippen LogP contribution in [0.4, 0.5) is 0 Å². The zero-order valence-corrected chi connectivity index (χ0v) is 20.7. The molecule has 2 unspecified atom stereocenters. The predicted molar refractivity (Wildman–Crippen MR) is 124 cm³/mol. The van der Waals surface area contributed by atoms with E-state index >= 15 is 0 Å². The summed E-state index contributed by atoms with van der Waals surface area (Å²) in [4.78, 5) is 15.7.